The van der Waals surface area contributed by atoms with Gasteiger partial charge in [0.2, 0.25) is 5.91 Å². The standard InChI is InChI=1S/C20H18N2O3/c1-2-25-17-10-8-16(9-11-17)21-19(23)12-7-15-13-14-5-3-4-6-18(14)22-20(15)24/h3-13H,2H2,1H3,(H,21,23)(H,22,24)/b12-7+. The van der Waals surface area contributed by atoms with Gasteiger partial charge in [-0.1, -0.05) is 18.2 Å². The highest BCUT2D eigenvalue weighted by molar-refractivity contribution is 6.02. The fourth-order valence-electron chi connectivity index (χ4n) is 2.44. The number of H-pyrrole nitrogens is 1. The summed E-state index contributed by atoms with van der Waals surface area (Å²) in [6.07, 6.45) is 2.85. The molecule has 0 fully saturated rings. The minimum Gasteiger partial charge on any atom is -0.494 e. The van der Waals surface area contributed by atoms with E-state index in [9.17, 15) is 9.59 Å². The summed E-state index contributed by atoms with van der Waals surface area (Å²) in [6, 6.07) is 16.4. The fraction of sp³-hybridized carbons (Fsp3) is 0.100. The smallest absolute Gasteiger partial charge is 0.255 e. The predicted molar refractivity (Wildman–Crippen MR) is 99.8 cm³/mol. The van der Waals surface area contributed by atoms with Gasteiger partial charge in [0.05, 0.1) is 6.61 Å². The Balaban J connectivity index is 1.72. The van der Waals surface area contributed by atoms with Crippen molar-refractivity contribution in [3.63, 3.8) is 0 Å². The third-order valence-corrected chi connectivity index (χ3v) is 3.63. The molecule has 0 unspecified atom stereocenters. The zero-order valence-corrected chi connectivity index (χ0v) is 13.8. The Morgan fingerprint density at radius 2 is 1.92 bits per heavy atom. The van der Waals surface area contributed by atoms with Crippen molar-refractivity contribution >= 4 is 28.6 Å². The van der Waals surface area contributed by atoms with Crippen molar-refractivity contribution < 1.29 is 9.53 Å². The molecule has 0 aliphatic rings. The molecule has 0 spiro atoms. The fourth-order valence-corrected chi connectivity index (χ4v) is 2.44. The number of aromatic nitrogens is 1. The number of carbonyl (C=O) groups is 1. The molecule has 3 aromatic rings. The SMILES string of the molecule is CCOc1ccc(NC(=O)/C=C/c2cc3ccccc3[nH]c2=O)cc1. The molecule has 1 heterocycles. The number of ether oxygens (including phenoxy) is 1. The Morgan fingerprint density at radius 3 is 2.68 bits per heavy atom. The molecule has 25 heavy (non-hydrogen) atoms. The molecular formula is C20H18N2O3. The van der Waals surface area contributed by atoms with E-state index in [4.69, 9.17) is 4.74 Å². The second kappa shape index (κ2) is 7.49. The number of carbonyl (C=O) groups excluding carboxylic acids is 1. The average Bonchev–Trinajstić information content (AvgIpc) is 2.62. The van der Waals surface area contributed by atoms with E-state index >= 15 is 0 Å². The van der Waals surface area contributed by atoms with Crippen LogP contribution in [0.15, 0.2) is 65.5 Å². The molecule has 2 aromatic carbocycles. The maximum Gasteiger partial charge on any atom is 0.255 e. The number of aromatic amines is 1. The van der Waals surface area contributed by atoms with Crippen molar-refractivity contribution in [3.05, 3.63) is 76.6 Å². The van der Waals surface area contributed by atoms with Gasteiger partial charge in [-0.25, -0.2) is 0 Å². The molecule has 5 nitrogen and oxygen atoms in total. The second-order valence-electron chi connectivity index (χ2n) is 5.42. The normalized spacial score (nSPS) is 10.9. The molecule has 0 bridgehead atoms. The number of fused-ring (bicyclic) bond motifs is 1. The van der Waals surface area contributed by atoms with Crippen LogP contribution in [0.1, 0.15) is 12.5 Å². The third-order valence-electron chi connectivity index (χ3n) is 3.63. The predicted octanol–water partition coefficient (Wildman–Crippen LogP) is 3.58. The van der Waals surface area contributed by atoms with Crippen molar-refractivity contribution in [2.45, 2.75) is 6.92 Å². The van der Waals surface area contributed by atoms with Crippen molar-refractivity contribution in [2.24, 2.45) is 0 Å². The molecule has 0 saturated heterocycles. The first-order chi connectivity index (χ1) is 12.2. The Labute approximate surface area is 145 Å². The molecule has 5 heteroatoms. The number of rotatable bonds is 5. The van der Waals surface area contributed by atoms with Crippen LogP contribution in [0, 0.1) is 0 Å². The van der Waals surface area contributed by atoms with Crippen LogP contribution in [0.5, 0.6) is 5.75 Å². The van der Waals surface area contributed by atoms with E-state index in [2.05, 4.69) is 10.3 Å². The zero-order valence-electron chi connectivity index (χ0n) is 13.8. The second-order valence-corrected chi connectivity index (χ2v) is 5.42. The minimum atomic E-state index is -0.309. The molecule has 3 rings (SSSR count). The van der Waals surface area contributed by atoms with Gasteiger partial charge in [0.1, 0.15) is 5.75 Å². The van der Waals surface area contributed by atoms with Gasteiger partial charge >= 0.3 is 0 Å². The van der Waals surface area contributed by atoms with Gasteiger partial charge in [-0.05, 0) is 54.8 Å². The van der Waals surface area contributed by atoms with Crippen molar-refractivity contribution in [1.82, 2.24) is 4.98 Å². The summed E-state index contributed by atoms with van der Waals surface area (Å²) in [5.41, 5.74) is 1.62. The Morgan fingerprint density at radius 1 is 1.16 bits per heavy atom. The monoisotopic (exact) mass is 334 g/mol. The van der Waals surface area contributed by atoms with E-state index in [0.717, 1.165) is 16.7 Å². The van der Waals surface area contributed by atoms with Crippen LogP contribution in [0.3, 0.4) is 0 Å². The number of anilines is 1. The van der Waals surface area contributed by atoms with E-state index in [1.807, 2.05) is 31.2 Å². The quantitative estimate of drug-likeness (QED) is 0.701. The van der Waals surface area contributed by atoms with E-state index in [1.54, 1.807) is 30.3 Å². The molecule has 1 aromatic heterocycles. The topological polar surface area (TPSA) is 71.2 Å². The molecule has 0 radical (unpaired) electrons. The molecule has 0 aliphatic carbocycles. The van der Waals surface area contributed by atoms with Crippen LogP contribution in [0.4, 0.5) is 5.69 Å². The number of para-hydroxylation sites is 1. The van der Waals surface area contributed by atoms with E-state index < -0.39 is 0 Å². The lowest BCUT2D eigenvalue weighted by molar-refractivity contribution is -0.111. The first kappa shape index (κ1) is 16.5. The molecule has 0 saturated carbocycles. The van der Waals surface area contributed by atoms with Crippen LogP contribution in [0.2, 0.25) is 0 Å². The number of hydrogen-bond acceptors (Lipinski definition) is 3. The van der Waals surface area contributed by atoms with E-state index in [-0.39, 0.29) is 11.5 Å². The molecule has 0 atom stereocenters. The lowest BCUT2D eigenvalue weighted by Gasteiger charge is -2.05. The Hall–Kier alpha value is -3.34. The molecule has 126 valence electrons. The number of pyridine rings is 1. The third kappa shape index (κ3) is 4.14. The zero-order chi connectivity index (χ0) is 17.6. The molecule has 1 amide bonds. The molecule has 2 N–H and O–H groups in total. The number of benzene rings is 2. The van der Waals surface area contributed by atoms with Gasteiger partial charge in [-0.2, -0.15) is 0 Å². The molecule has 0 aliphatic heterocycles. The largest absolute Gasteiger partial charge is 0.494 e. The van der Waals surface area contributed by atoms with Crippen LogP contribution in [-0.4, -0.2) is 17.5 Å². The van der Waals surface area contributed by atoms with Crippen LogP contribution in [0.25, 0.3) is 17.0 Å². The minimum absolute atomic E-state index is 0.233. The highest BCUT2D eigenvalue weighted by Gasteiger charge is 2.02. The van der Waals surface area contributed by atoms with Gasteiger partial charge in [0.15, 0.2) is 0 Å². The van der Waals surface area contributed by atoms with Gasteiger partial charge in [0.25, 0.3) is 5.56 Å². The Kier molecular flexibility index (Phi) is 4.95. The highest BCUT2D eigenvalue weighted by Crippen LogP contribution is 2.16. The number of amides is 1. The number of hydrogen-bond donors (Lipinski definition) is 2. The van der Waals surface area contributed by atoms with Crippen LogP contribution >= 0.6 is 0 Å². The van der Waals surface area contributed by atoms with Gasteiger partial charge in [-0.15, -0.1) is 0 Å². The maximum atomic E-state index is 12.1. The van der Waals surface area contributed by atoms with Crippen molar-refractivity contribution in [1.29, 1.82) is 0 Å². The van der Waals surface area contributed by atoms with Crippen molar-refractivity contribution in [2.75, 3.05) is 11.9 Å². The van der Waals surface area contributed by atoms with Crippen LogP contribution in [-0.2, 0) is 4.79 Å². The average molecular weight is 334 g/mol. The molecular weight excluding hydrogens is 316 g/mol. The highest BCUT2D eigenvalue weighted by atomic mass is 16.5. The van der Waals surface area contributed by atoms with Crippen molar-refractivity contribution in [3.8, 4) is 5.75 Å². The summed E-state index contributed by atoms with van der Waals surface area (Å²) in [6.45, 7) is 2.50. The number of nitrogens with one attached hydrogen (secondary N) is 2. The van der Waals surface area contributed by atoms with Gasteiger partial charge in [0, 0.05) is 22.8 Å². The summed E-state index contributed by atoms with van der Waals surface area (Å²) in [5, 5.41) is 3.66. The first-order valence-electron chi connectivity index (χ1n) is 7.99. The van der Waals surface area contributed by atoms with E-state index in [0.29, 0.717) is 17.9 Å². The summed E-state index contributed by atoms with van der Waals surface area (Å²) >= 11 is 0. The summed E-state index contributed by atoms with van der Waals surface area (Å²) in [4.78, 5) is 26.9. The summed E-state index contributed by atoms with van der Waals surface area (Å²) < 4.78 is 5.35. The first-order valence-corrected chi connectivity index (χ1v) is 7.99. The van der Waals surface area contributed by atoms with Gasteiger partial charge < -0.3 is 15.0 Å². The summed E-state index contributed by atoms with van der Waals surface area (Å²) in [7, 11) is 0. The van der Waals surface area contributed by atoms with E-state index in [1.165, 1.54) is 12.2 Å². The maximum absolute atomic E-state index is 12.1. The lowest BCUT2D eigenvalue weighted by Crippen LogP contribution is -2.11. The summed E-state index contributed by atoms with van der Waals surface area (Å²) in [5.74, 6) is 0.440. The Bertz CT molecular complexity index is 972. The van der Waals surface area contributed by atoms with Gasteiger partial charge in [-0.3, -0.25) is 9.59 Å². The van der Waals surface area contributed by atoms with Crippen LogP contribution < -0.4 is 15.6 Å². The lowest BCUT2D eigenvalue weighted by atomic mass is 10.1.